The lowest BCUT2D eigenvalue weighted by molar-refractivity contribution is -0.0748. The molecule has 3 heteroatoms. The van der Waals surface area contributed by atoms with Crippen molar-refractivity contribution in [3.63, 3.8) is 0 Å². The van der Waals surface area contributed by atoms with E-state index in [1.807, 2.05) is 6.92 Å². The second-order valence-corrected chi connectivity index (χ2v) is 4.90. The summed E-state index contributed by atoms with van der Waals surface area (Å²) >= 11 is 0. The summed E-state index contributed by atoms with van der Waals surface area (Å²) in [4.78, 5) is 0. The van der Waals surface area contributed by atoms with Crippen molar-refractivity contribution in [2.45, 2.75) is 46.3 Å². The van der Waals surface area contributed by atoms with Crippen molar-refractivity contribution in [2.24, 2.45) is 0 Å². The van der Waals surface area contributed by atoms with Gasteiger partial charge in [-0.1, -0.05) is 44.5 Å². The van der Waals surface area contributed by atoms with E-state index in [0.717, 1.165) is 12.8 Å². The number of hydrogen-bond acceptors (Lipinski definition) is 2. The van der Waals surface area contributed by atoms with E-state index in [-0.39, 0.29) is 6.29 Å². The minimum Gasteiger partial charge on any atom is -0.387 e. The molecule has 0 heterocycles. The SMILES string of the molecule is CCCc1ccccc1[Si]OC(CC)OCC. The molecule has 1 rings (SSSR count). The first kappa shape index (κ1) is 14.4. The van der Waals surface area contributed by atoms with Crippen LogP contribution in [0, 0.1) is 0 Å². The second-order valence-electron chi connectivity index (χ2n) is 3.92. The quantitative estimate of drug-likeness (QED) is 0.522. The van der Waals surface area contributed by atoms with Gasteiger partial charge in [0, 0.05) is 6.61 Å². The Morgan fingerprint density at radius 2 is 1.94 bits per heavy atom. The summed E-state index contributed by atoms with van der Waals surface area (Å²) in [5, 5.41) is 1.31. The molecule has 0 aromatic heterocycles. The van der Waals surface area contributed by atoms with Crippen molar-refractivity contribution in [2.75, 3.05) is 6.61 Å². The Labute approximate surface area is 107 Å². The highest BCUT2D eigenvalue weighted by Crippen LogP contribution is 2.03. The highest BCUT2D eigenvalue weighted by Gasteiger charge is 2.09. The summed E-state index contributed by atoms with van der Waals surface area (Å²) in [7, 11) is 0.385. The molecular weight excluding hydrogens is 228 g/mol. The fourth-order valence-corrected chi connectivity index (χ4v) is 2.65. The molecular formula is C14H22O2Si. The lowest BCUT2D eigenvalue weighted by Gasteiger charge is -2.16. The van der Waals surface area contributed by atoms with Gasteiger partial charge < -0.3 is 9.16 Å². The minimum absolute atomic E-state index is 0.0620. The maximum absolute atomic E-state index is 5.81. The van der Waals surface area contributed by atoms with Crippen LogP contribution in [0.2, 0.25) is 0 Å². The Morgan fingerprint density at radius 3 is 2.59 bits per heavy atom. The summed E-state index contributed by atoms with van der Waals surface area (Å²) in [6.45, 7) is 7.00. The molecule has 0 aliphatic rings. The van der Waals surface area contributed by atoms with Crippen LogP contribution in [0.1, 0.15) is 39.2 Å². The second kappa shape index (κ2) is 8.45. The van der Waals surface area contributed by atoms with Gasteiger partial charge in [0.15, 0.2) is 0 Å². The molecule has 0 aliphatic carbocycles. The molecule has 2 radical (unpaired) electrons. The zero-order valence-electron chi connectivity index (χ0n) is 11.0. The van der Waals surface area contributed by atoms with Crippen molar-refractivity contribution in [1.82, 2.24) is 0 Å². The molecule has 0 fully saturated rings. The Balaban J connectivity index is 2.55. The third-order valence-electron chi connectivity index (χ3n) is 2.52. The first-order valence-electron chi connectivity index (χ1n) is 6.42. The van der Waals surface area contributed by atoms with Gasteiger partial charge in [0.25, 0.3) is 9.76 Å². The summed E-state index contributed by atoms with van der Waals surface area (Å²) in [6, 6.07) is 8.52. The fraction of sp³-hybridized carbons (Fsp3) is 0.571. The molecule has 1 atom stereocenters. The number of benzene rings is 1. The summed E-state index contributed by atoms with van der Waals surface area (Å²) in [5.74, 6) is 0. The first-order chi connectivity index (χ1) is 8.31. The highest BCUT2D eigenvalue weighted by molar-refractivity contribution is 6.47. The Kier molecular flexibility index (Phi) is 7.16. The summed E-state index contributed by atoms with van der Waals surface area (Å²) in [6.07, 6.45) is 3.13. The lowest BCUT2D eigenvalue weighted by atomic mass is 10.1. The van der Waals surface area contributed by atoms with Crippen LogP contribution in [0.25, 0.3) is 0 Å². The van der Waals surface area contributed by atoms with Gasteiger partial charge in [-0.15, -0.1) is 0 Å². The molecule has 0 bridgehead atoms. The van der Waals surface area contributed by atoms with Crippen LogP contribution < -0.4 is 5.19 Å². The summed E-state index contributed by atoms with van der Waals surface area (Å²) in [5.41, 5.74) is 1.40. The van der Waals surface area contributed by atoms with E-state index in [0.29, 0.717) is 16.4 Å². The normalized spacial score (nSPS) is 12.6. The predicted molar refractivity (Wildman–Crippen MR) is 72.6 cm³/mol. The van der Waals surface area contributed by atoms with Crippen molar-refractivity contribution < 1.29 is 9.16 Å². The topological polar surface area (TPSA) is 18.5 Å². The average Bonchev–Trinajstić information content (AvgIpc) is 2.36. The first-order valence-corrected chi connectivity index (χ1v) is 7.33. The molecule has 0 saturated heterocycles. The zero-order valence-corrected chi connectivity index (χ0v) is 12.0. The molecule has 0 saturated carbocycles. The molecule has 0 aliphatic heterocycles. The minimum atomic E-state index is -0.0620. The van der Waals surface area contributed by atoms with Crippen molar-refractivity contribution >= 4 is 14.9 Å². The molecule has 17 heavy (non-hydrogen) atoms. The smallest absolute Gasteiger partial charge is 0.272 e. The molecule has 94 valence electrons. The van der Waals surface area contributed by atoms with Crippen LogP contribution in [0.4, 0.5) is 0 Å². The number of ether oxygens (including phenoxy) is 1. The van der Waals surface area contributed by atoms with E-state index >= 15 is 0 Å². The van der Waals surface area contributed by atoms with E-state index in [4.69, 9.17) is 9.16 Å². The third kappa shape index (κ3) is 5.02. The van der Waals surface area contributed by atoms with Gasteiger partial charge in [0.1, 0.15) is 6.29 Å². The molecule has 2 nitrogen and oxygen atoms in total. The van der Waals surface area contributed by atoms with Gasteiger partial charge in [-0.05, 0) is 30.5 Å². The zero-order chi connectivity index (χ0) is 12.5. The Morgan fingerprint density at radius 1 is 1.18 bits per heavy atom. The largest absolute Gasteiger partial charge is 0.387 e. The van der Waals surface area contributed by atoms with Crippen LogP contribution in [-0.4, -0.2) is 22.7 Å². The van der Waals surface area contributed by atoms with Crippen molar-refractivity contribution in [3.8, 4) is 0 Å². The van der Waals surface area contributed by atoms with Crippen LogP contribution in [0.15, 0.2) is 24.3 Å². The molecule has 0 N–H and O–H groups in total. The number of aryl methyl sites for hydroxylation is 1. The molecule has 0 spiro atoms. The van der Waals surface area contributed by atoms with Crippen LogP contribution in [0.3, 0.4) is 0 Å². The van der Waals surface area contributed by atoms with Crippen LogP contribution in [0.5, 0.6) is 0 Å². The maximum atomic E-state index is 5.81. The van der Waals surface area contributed by atoms with E-state index in [1.54, 1.807) is 0 Å². The van der Waals surface area contributed by atoms with E-state index in [2.05, 4.69) is 38.1 Å². The van der Waals surface area contributed by atoms with Gasteiger partial charge in [0.2, 0.25) is 0 Å². The molecule has 1 aromatic carbocycles. The average molecular weight is 250 g/mol. The summed E-state index contributed by atoms with van der Waals surface area (Å²) < 4.78 is 11.3. The van der Waals surface area contributed by atoms with Gasteiger partial charge in [-0.3, -0.25) is 0 Å². The monoisotopic (exact) mass is 250 g/mol. The Hall–Kier alpha value is -0.643. The van der Waals surface area contributed by atoms with Gasteiger partial charge in [-0.2, -0.15) is 0 Å². The molecule has 1 unspecified atom stereocenters. The number of rotatable bonds is 8. The van der Waals surface area contributed by atoms with E-state index in [1.165, 1.54) is 17.2 Å². The molecule has 1 aromatic rings. The van der Waals surface area contributed by atoms with E-state index in [9.17, 15) is 0 Å². The lowest BCUT2D eigenvalue weighted by Crippen LogP contribution is -2.28. The standard InChI is InChI=1S/C14H22O2Si/c1-4-9-12-10-7-8-11-13(12)17-16-14(5-2)15-6-3/h7-8,10-11,14H,4-6,9H2,1-3H3. The van der Waals surface area contributed by atoms with Crippen LogP contribution in [-0.2, 0) is 15.6 Å². The predicted octanol–water partition coefficient (Wildman–Crippen LogP) is 2.67. The molecule has 0 amide bonds. The highest BCUT2D eigenvalue weighted by atomic mass is 28.2. The van der Waals surface area contributed by atoms with Crippen molar-refractivity contribution in [1.29, 1.82) is 0 Å². The number of hydrogen-bond donors (Lipinski definition) is 0. The third-order valence-corrected chi connectivity index (χ3v) is 3.61. The fourth-order valence-electron chi connectivity index (χ4n) is 1.66. The van der Waals surface area contributed by atoms with Gasteiger partial charge in [-0.25, -0.2) is 0 Å². The van der Waals surface area contributed by atoms with Gasteiger partial charge >= 0.3 is 0 Å². The van der Waals surface area contributed by atoms with Crippen molar-refractivity contribution in [3.05, 3.63) is 29.8 Å². The van der Waals surface area contributed by atoms with E-state index < -0.39 is 0 Å². The van der Waals surface area contributed by atoms with Crippen LogP contribution >= 0.6 is 0 Å². The Bertz CT molecular complexity index is 315. The van der Waals surface area contributed by atoms with Gasteiger partial charge in [0.05, 0.1) is 0 Å². The maximum Gasteiger partial charge on any atom is 0.272 e.